The molecule has 1 saturated heterocycles. The summed E-state index contributed by atoms with van der Waals surface area (Å²) in [7, 11) is 0. The Morgan fingerprint density at radius 1 is 1.42 bits per heavy atom. The first-order valence-electron chi connectivity index (χ1n) is 5.07. The normalized spacial score (nSPS) is 41.2. The van der Waals surface area contributed by atoms with Crippen molar-refractivity contribution in [1.82, 2.24) is 10.2 Å². The average molecular weight is 168 g/mol. The van der Waals surface area contributed by atoms with Crippen molar-refractivity contribution in [2.24, 2.45) is 5.92 Å². The first-order chi connectivity index (χ1) is 5.58. The van der Waals surface area contributed by atoms with Crippen molar-refractivity contribution in [2.75, 3.05) is 19.6 Å². The molecule has 2 unspecified atom stereocenters. The van der Waals surface area contributed by atoms with E-state index in [9.17, 15) is 0 Å². The van der Waals surface area contributed by atoms with Crippen molar-refractivity contribution in [3.8, 4) is 0 Å². The summed E-state index contributed by atoms with van der Waals surface area (Å²) in [4.78, 5) is 2.65. The quantitative estimate of drug-likeness (QED) is 0.630. The Hall–Kier alpha value is -0.0800. The summed E-state index contributed by atoms with van der Waals surface area (Å²) in [5, 5.41) is 3.54. The summed E-state index contributed by atoms with van der Waals surface area (Å²) >= 11 is 0. The minimum atomic E-state index is 0.334. The Kier molecular flexibility index (Phi) is 1.92. The van der Waals surface area contributed by atoms with E-state index in [1.54, 1.807) is 0 Å². The highest BCUT2D eigenvalue weighted by Gasteiger charge is 2.41. The molecule has 0 aromatic heterocycles. The number of hydrogen-bond donors (Lipinski definition) is 1. The maximum Gasteiger partial charge on any atom is 0.0252 e. The Labute approximate surface area is 75.3 Å². The zero-order valence-electron chi connectivity index (χ0n) is 8.43. The average Bonchev–Trinajstić information content (AvgIpc) is 2.64. The lowest BCUT2D eigenvalue weighted by atomic mass is 10.0. The molecule has 0 bridgehead atoms. The van der Waals surface area contributed by atoms with Gasteiger partial charge in [0.1, 0.15) is 0 Å². The van der Waals surface area contributed by atoms with E-state index in [0.29, 0.717) is 5.54 Å². The summed E-state index contributed by atoms with van der Waals surface area (Å²) in [5.41, 5.74) is 0.334. The van der Waals surface area contributed by atoms with E-state index >= 15 is 0 Å². The van der Waals surface area contributed by atoms with Gasteiger partial charge in [-0.15, -0.1) is 0 Å². The second-order valence-electron chi connectivity index (χ2n) is 5.06. The van der Waals surface area contributed by atoms with E-state index in [4.69, 9.17) is 0 Å². The molecule has 0 amide bonds. The third kappa shape index (κ3) is 1.64. The third-order valence-electron chi connectivity index (χ3n) is 3.14. The van der Waals surface area contributed by atoms with Gasteiger partial charge in [-0.1, -0.05) is 6.92 Å². The van der Waals surface area contributed by atoms with Crippen LogP contribution in [0.15, 0.2) is 0 Å². The minimum Gasteiger partial charge on any atom is -0.309 e. The zero-order chi connectivity index (χ0) is 8.77. The van der Waals surface area contributed by atoms with Gasteiger partial charge in [0.2, 0.25) is 0 Å². The number of piperazine rings is 1. The van der Waals surface area contributed by atoms with Gasteiger partial charge in [0.25, 0.3) is 0 Å². The van der Waals surface area contributed by atoms with E-state index in [1.807, 2.05) is 0 Å². The summed E-state index contributed by atoms with van der Waals surface area (Å²) in [6.45, 7) is 10.6. The number of nitrogens with zero attached hydrogens (tertiary/aromatic N) is 1. The predicted octanol–water partition coefficient (Wildman–Crippen LogP) is 1.08. The van der Waals surface area contributed by atoms with Gasteiger partial charge in [-0.05, 0) is 26.2 Å². The Bertz CT molecular complexity index is 177. The molecule has 1 aliphatic carbocycles. The number of hydrogen-bond acceptors (Lipinski definition) is 2. The van der Waals surface area contributed by atoms with Gasteiger partial charge in [0.05, 0.1) is 0 Å². The predicted molar refractivity (Wildman–Crippen MR) is 51.2 cm³/mol. The maximum atomic E-state index is 3.54. The fourth-order valence-corrected chi connectivity index (χ4v) is 2.27. The van der Waals surface area contributed by atoms with Crippen LogP contribution in [0.3, 0.4) is 0 Å². The van der Waals surface area contributed by atoms with Crippen molar-refractivity contribution in [3.63, 3.8) is 0 Å². The Morgan fingerprint density at radius 3 is 2.58 bits per heavy atom. The van der Waals surface area contributed by atoms with Crippen molar-refractivity contribution in [2.45, 2.75) is 38.8 Å². The molecule has 0 spiro atoms. The van der Waals surface area contributed by atoms with Crippen molar-refractivity contribution in [3.05, 3.63) is 0 Å². The van der Waals surface area contributed by atoms with Crippen LogP contribution in [0.1, 0.15) is 27.2 Å². The van der Waals surface area contributed by atoms with E-state index < -0.39 is 0 Å². The van der Waals surface area contributed by atoms with Gasteiger partial charge in [0.15, 0.2) is 0 Å². The number of rotatable bonds is 1. The second kappa shape index (κ2) is 2.71. The lowest BCUT2D eigenvalue weighted by Gasteiger charge is -2.39. The second-order valence-corrected chi connectivity index (χ2v) is 5.06. The molecule has 12 heavy (non-hydrogen) atoms. The fourth-order valence-electron chi connectivity index (χ4n) is 2.27. The van der Waals surface area contributed by atoms with Crippen molar-refractivity contribution in [1.29, 1.82) is 0 Å². The molecule has 2 nitrogen and oxygen atoms in total. The topological polar surface area (TPSA) is 15.3 Å². The molecule has 1 saturated carbocycles. The molecule has 2 atom stereocenters. The van der Waals surface area contributed by atoms with Gasteiger partial charge in [-0.25, -0.2) is 0 Å². The van der Waals surface area contributed by atoms with Crippen LogP contribution >= 0.6 is 0 Å². The fraction of sp³-hybridized carbons (Fsp3) is 1.00. The highest BCUT2D eigenvalue weighted by Crippen LogP contribution is 2.36. The monoisotopic (exact) mass is 168 g/mol. The van der Waals surface area contributed by atoms with Crippen LogP contribution < -0.4 is 5.32 Å². The highest BCUT2D eigenvalue weighted by molar-refractivity contribution is 4.97. The maximum absolute atomic E-state index is 3.54. The first kappa shape index (κ1) is 8.52. The van der Waals surface area contributed by atoms with Crippen LogP contribution in [0.5, 0.6) is 0 Å². The standard InChI is InChI=1S/C10H20N2/c1-8-6-9(8)12-5-4-11-10(2,3)7-12/h8-9,11H,4-7H2,1-3H3. The molecule has 2 rings (SSSR count). The lowest BCUT2D eigenvalue weighted by molar-refractivity contribution is 0.142. The summed E-state index contributed by atoms with van der Waals surface area (Å²) in [6, 6.07) is 0.909. The Morgan fingerprint density at radius 2 is 2.08 bits per heavy atom. The molecule has 2 fully saturated rings. The summed E-state index contributed by atoms with van der Waals surface area (Å²) in [6.07, 6.45) is 1.43. The van der Waals surface area contributed by atoms with Crippen LogP contribution in [0.25, 0.3) is 0 Å². The van der Waals surface area contributed by atoms with Crippen LogP contribution in [0.4, 0.5) is 0 Å². The number of nitrogens with one attached hydrogen (secondary N) is 1. The van der Waals surface area contributed by atoms with Gasteiger partial charge < -0.3 is 5.32 Å². The van der Waals surface area contributed by atoms with Gasteiger partial charge in [0, 0.05) is 31.2 Å². The largest absolute Gasteiger partial charge is 0.309 e. The molecular formula is C10H20N2. The molecule has 2 aliphatic rings. The molecular weight excluding hydrogens is 148 g/mol. The van der Waals surface area contributed by atoms with E-state index in [1.165, 1.54) is 19.5 Å². The third-order valence-corrected chi connectivity index (χ3v) is 3.14. The molecule has 0 aromatic carbocycles. The van der Waals surface area contributed by atoms with Crippen LogP contribution in [-0.2, 0) is 0 Å². The molecule has 2 heteroatoms. The van der Waals surface area contributed by atoms with E-state index in [2.05, 4.69) is 31.0 Å². The molecule has 0 aromatic rings. The molecule has 0 radical (unpaired) electrons. The zero-order valence-corrected chi connectivity index (χ0v) is 8.43. The molecule has 1 N–H and O–H groups in total. The van der Waals surface area contributed by atoms with Crippen molar-refractivity contribution < 1.29 is 0 Å². The summed E-state index contributed by atoms with van der Waals surface area (Å²) < 4.78 is 0. The minimum absolute atomic E-state index is 0.334. The van der Waals surface area contributed by atoms with E-state index in [-0.39, 0.29) is 0 Å². The highest BCUT2D eigenvalue weighted by atomic mass is 15.3. The molecule has 1 aliphatic heterocycles. The van der Waals surface area contributed by atoms with Gasteiger partial charge >= 0.3 is 0 Å². The molecule has 70 valence electrons. The van der Waals surface area contributed by atoms with E-state index in [0.717, 1.165) is 18.5 Å². The van der Waals surface area contributed by atoms with Crippen LogP contribution in [-0.4, -0.2) is 36.1 Å². The SMILES string of the molecule is CC1CC1N1CCNC(C)(C)C1. The lowest BCUT2D eigenvalue weighted by Crippen LogP contribution is -2.57. The molecule has 1 heterocycles. The first-order valence-corrected chi connectivity index (χ1v) is 5.07. The van der Waals surface area contributed by atoms with Crippen LogP contribution in [0, 0.1) is 5.92 Å². The van der Waals surface area contributed by atoms with Gasteiger partial charge in [-0.3, -0.25) is 4.90 Å². The smallest absolute Gasteiger partial charge is 0.0252 e. The summed E-state index contributed by atoms with van der Waals surface area (Å²) in [5.74, 6) is 0.957. The van der Waals surface area contributed by atoms with Gasteiger partial charge in [-0.2, -0.15) is 0 Å². The van der Waals surface area contributed by atoms with Crippen molar-refractivity contribution >= 4 is 0 Å². The Balaban J connectivity index is 1.91. The van der Waals surface area contributed by atoms with Crippen LogP contribution in [0.2, 0.25) is 0 Å².